The van der Waals surface area contributed by atoms with Crippen molar-refractivity contribution >= 4 is 17.6 Å². The number of anilines is 1. The summed E-state index contributed by atoms with van der Waals surface area (Å²) in [7, 11) is 0. The van der Waals surface area contributed by atoms with Crippen LogP contribution < -0.4 is 4.90 Å². The highest BCUT2D eigenvalue weighted by Gasteiger charge is 2.54. The minimum atomic E-state index is -0.990. The summed E-state index contributed by atoms with van der Waals surface area (Å²) in [5, 5.41) is 9.92. The van der Waals surface area contributed by atoms with Crippen molar-refractivity contribution in [1.82, 2.24) is 0 Å². The van der Waals surface area contributed by atoms with E-state index in [0.29, 0.717) is 26.1 Å². The van der Waals surface area contributed by atoms with Gasteiger partial charge in [-0.3, -0.25) is 9.59 Å². The Hall–Kier alpha value is -1.88. The van der Waals surface area contributed by atoms with Gasteiger partial charge in [-0.2, -0.15) is 0 Å². The number of aliphatic carboxylic acids is 1. The van der Waals surface area contributed by atoms with Crippen molar-refractivity contribution in [3.8, 4) is 0 Å². The van der Waals surface area contributed by atoms with Crippen molar-refractivity contribution in [2.75, 3.05) is 24.7 Å². The maximum atomic E-state index is 12.7. The molecule has 0 aromatic heterocycles. The molecule has 2 saturated heterocycles. The number of carbonyl (C=O) groups excluding carboxylic acids is 1. The van der Waals surface area contributed by atoms with Crippen LogP contribution in [0.15, 0.2) is 18.2 Å². The highest BCUT2D eigenvalue weighted by molar-refractivity contribution is 6.02. The molecule has 1 aromatic carbocycles. The molecule has 1 atom stereocenters. The Morgan fingerprint density at radius 2 is 1.87 bits per heavy atom. The number of carboxylic acids is 1. The molecule has 0 radical (unpaired) electrons. The van der Waals surface area contributed by atoms with Gasteiger partial charge >= 0.3 is 5.97 Å². The number of ether oxygens (including phenoxy) is 1. The van der Waals surface area contributed by atoms with Crippen LogP contribution in [0.1, 0.15) is 30.4 Å². The van der Waals surface area contributed by atoms with E-state index < -0.39 is 11.4 Å². The minimum absolute atomic E-state index is 0.00738. The first-order chi connectivity index (χ1) is 11.0. The lowest BCUT2D eigenvalue weighted by Crippen LogP contribution is -2.43. The first-order valence-electron chi connectivity index (χ1n) is 8.13. The molecule has 124 valence electrons. The molecule has 5 heteroatoms. The summed E-state index contributed by atoms with van der Waals surface area (Å²) in [6.07, 6.45) is 1.50. The lowest BCUT2D eigenvalue weighted by Gasteiger charge is -2.35. The zero-order valence-electron chi connectivity index (χ0n) is 13.7. The summed E-state index contributed by atoms with van der Waals surface area (Å²) in [6.45, 7) is 5.35. The second-order valence-electron chi connectivity index (χ2n) is 6.75. The van der Waals surface area contributed by atoms with Crippen LogP contribution in [0.3, 0.4) is 0 Å². The quantitative estimate of drug-likeness (QED) is 0.930. The molecule has 2 aliphatic rings. The Bertz CT molecular complexity index is 616. The number of para-hydroxylation sites is 1. The summed E-state index contributed by atoms with van der Waals surface area (Å²) >= 11 is 0. The van der Waals surface area contributed by atoms with Gasteiger partial charge < -0.3 is 14.7 Å². The smallest absolute Gasteiger partial charge is 0.312 e. The molecule has 3 rings (SSSR count). The summed E-state index contributed by atoms with van der Waals surface area (Å²) < 4.78 is 5.37. The largest absolute Gasteiger partial charge is 0.481 e. The van der Waals surface area contributed by atoms with Crippen molar-refractivity contribution in [3.05, 3.63) is 29.3 Å². The highest BCUT2D eigenvalue weighted by Crippen LogP contribution is 2.45. The molecule has 1 unspecified atom stereocenters. The molecule has 0 spiro atoms. The number of hydrogen-bond acceptors (Lipinski definition) is 3. The van der Waals surface area contributed by atoms with Crippen molar-refractivity contribution in [2.45, 2.75) is 33.1 Å². The third-order valence-electron chi connectivity index (χ3n) is 5.35. The molecule has 5 nitrogen and oxygen atoms in total. The van der Waals surface area contributed by atoms with E-state index in [1.54, 1.807) is 4.90 Å². The second kappa shape index (κ2) is 5.96. The van der Waals surface area contributed by atoms with E-state index in [0.717, 1.165) is 16.8 Å². The van der Waals surface area contributed by atoms with E-state index in [-0.39, 0.29) is 24.8 Å². The fraction of sp³-hybridized carbons (Fsp3) is 0.556. The van der Waals surface area contributed by atoms with Gasteiger partial charge in [-0.1, -0.05) is 18.2 Å². The van der Waals surface area contributed by atoms with E-state index >= 15 is 0 Å². The van der Waals surface area contributed by atoms with E-state index in [9.17, 15) is 14.7 Å². The number of rotatable bonds is 3. The molecule has 1 amide bonds. The van der Waals surface area contributed by atoms with E-state index in [2.05, 4.69) is 0 Å². The van der Waals surface area contributed by atoms with Gasteiger partial charge in [0.2, 0.25) is 5.91 Å². The van der Waals surface area contributed by atoms with Crippen molar-refractivity contribution in [2.24, 2.45) is 11.3 Å². The molecule has 0 saturated carbocycles. The van der Waals surface area contributed by atoms with Gasteiger partial charge in [0.25, 0.3) is 0 Å². The zero-order chi connectivity index (χ0) is 16.6. The van der Waals surface area contributed by atoms with Crippen LogP contribution in [0.5, 0.6) is 0 Å². The molecule has 1 N–H and O–H groups in total. The van der Waals surface area contributed by atoms with Crippen molar-refractivity contribution in [1.29, 1.82) is 0 Å². The normalized spacial score (nSPS) is 25.8. The van der Waals surface area contributed by atoms with Gasteiger partial charge in [0.15, 0.2) is 0 Å². The minimum Gasteiger partial charge on any atom is -0.481 e. The molecule has 23 heavy (non-hydrogen) atoms. The Kier molecular flexibility index (Phi) is 4.15. The number of aryl methyl sites for hydroxylation is 2. The fourth-order valence-electron chi connectivity index (χ4n) is 4.07. The number of carbonyl (C=O) groups is 2. The number of nitrogens with zero attached hydrogens (tertiary/aromatic N) is 1. The van der Waals surface area contributed by atoms with E-state index in [4.69, 9.17) is 4.74 Å². The maximum Gasteiger partial charge on any atom is 0.312 e. The second-order valence-corrected chi connectivity index (χ2v) is 6.75. The zero-order valence-corrected chi connectivity index (χ0v) is 13.7. The average molecular weight is 317 g/mol. The fourth-order valence-corrected chi connectivity index (χ4v) is 4.07. The first-order valence-corrected chi connectivity index (χ1v) is 8.13. The SMILES string of the molecule is Cc1cccc(C)c1N1CC(C(=O)O)(C2CCOCC2)CC1=O. The van der Waals surface area contributed by atoms with Gasteiger partial charge in [0.1, 0.15) is 0 Å². The van der Waals surface area contributed by atoms with Crippen LogP contribution >= 0.6 is 0 Å². The van der Waals surface area contributed by atoms with Crippen LogP contribution in [0.4, 0.5) is 5.69 Å². The highest BCUT2D eigenvalue weighted by atomic mass is 16.5. The predicted octanol–water partition coefficient (Wildman–Crippen LogP) is 2.54. The summed E-state index contributed by atoms with van der Waals surface area (Å²) in [4.78, 5) is 26.5. The summed E-state index contributed by atoms with van der Waals surface area (Å²) in [6, 6.07) is 5.88. The number of benzene rings is 1. The van der Waals surface area contributed by atoms with Crippen LogP contribution in [0.25, 0.3) is 0 Å². The molecular weight excluding hydrogens is 294 g/mol. The summed E-state index contributed by atoms with van der Waals surface area (Å²) in [5.41, 5.74) is 1.89. The molecule has 0 aliphatic carbocycles. The van der Waals surface area contributed by atoms with Gasteiger partial charge in [0, 0.05) is 31.9 Å². The first kappa shape index (κ1) is 16.0. The molecule has 1 aromatic rings. The van der Waals surface area contributed by atoms with E-state index in [1.165, 1.54) is 0 Å². The molecule has 2 fully saturated rings. The van der Waals surface area contributed by atoms with Gasteiger partial charge in [-0.25, -0.2) is 0 Å². The van der Waals surface area contributed by atoms with Crippen LogP contribution in [-0.2, 0) is 14.3 Å². The topological polar surface area (TPSA) is 66.8 Å². The van der Waals surface area contributed by atoms with Gasteiger partial charge in [0.05, 0.1) is 5.41 Å². The molecule has 0 bridgehead atoms. The Morgan fingerprint density at radius 1 is 1.26 bits per heavy atom. The van der Waals surface area contributed by atoms with Crippen LogP contribution in [0.2, 0.25) is 0 Å². The maximum absolute atomic E-state index is 12.7. The monoisotopic (exact) mass is 317 g/mol. The number of carboxylic acid groups (broad SMARTS) is 1. The Balaban J connectivity index is 1.97. The lowest BCUT2D eigenvalue weighted by atomic mass is 9.71. The number of amides is 1. The van der Waals surface area contributed by atoms with Gasteiger partial charge in [-0.15, -0.1) is 0 Å². The third kappa shape index (κ3) is 2.63. The lowest BCUT2D eigenvalue weighted by molar-refractivity contribution is -0.154. The van der Waals surface area contributed by atoms with E-state index in [1.807, 2.05) is 32.0 Å². The van der Waals surface area contributed by atoms with Crippen LogP contribution in [0, 0.1) is 25.2 Å². The molecule has 2 heterocycles. The van der Waals surface area contributed by atoms with Crippen molar-refractivity contribution in [3.63, 3.8) is 0 Å². The number of hydrogen-bond donors (Lipinski definition) is 1. The molecule has 2 aliphatic heterocycles. The standard InChI is InChI=1S/C18H23NO4/c1-12-4-3-5-13(2)16(12)19-11-18(17(21)22,10-15(19)20)14-6-8-23-9-7-14/h3-5,14H,6-11H2,1-2H3,(H,21,22). The third-order valence-corrected chi connectivity index (χ3v) is 5.35. The average Bonchev–Trinajstić information content (AvgIpc) is 2.87. The van der Waals surface area contributed by atoms with Gasteiger partial charge in [-0.05, 0) is 43.7 Å². The Labute approximate surface area is 136 Å². The molecular formula is C18H23NO4. The predicted molar refractivity (Wildman–Crippen MR) is 86.5 cm³/mol. The summed E-state index contributed by atoms with van der Waals surface area (Å²) in [5.74, 6) is -0.949. The van der Waals surface area contributed by atoms with Crippen molar-refractivity contribution < 1.29 is 19.4 Å². The Morgan fingerprint density at radius 3 is 2.43 bits per heavy atom. The van der Waals surface area contributed by atoms with Crippen LogP contribution in [-0.4, -0.2) is 36.7 Å².